The zero-order valence-electron chi connectivity index (χ0n) is 11.5. The first-order valence-electron chi connectivity index (χ1n) is 6.24. The first-order chi connectivity index (χ1) is 9.93. The molecule has 21 heavy (non-hydrogen) atoms. The van der Waals surface area contributed by atoms with Crippen LogP contribution in [0.15, 0.2) is 30.3 Å². The number of aryl methyl sites for hydroxylation is 1. The average Bonchev–Trinajstić information content (AvgIpc) is 2.44. The van der Waals surface area contributed by atoms with E-state index in [0.29, 0.717) is 16.7 Å². The van der Waals surface area contributed by atoms with Crippen molar-refractivity contribution in [2.75, 3.05) is 7.11 Å². The van der Waals surface area contributed by atoms with Crippen molar-refractivity contribution >= 4 is 16.8 Å². The third kappa shape index (κ3) is 3.22. The number of rotatable bonds is 4. The lowest BCUT2D eigenvalue weighted by Gasteiger charge is -2.12. The topological polar surface area (TPSA) is 26.3 Å². The van der Waals surface area contributed by atoms with Gasteiger partial charge in [-0.25, -0.2) is 8.78 Å². The number of benzene rings is 2. The van der Waals surface area contributed by atoms with Crippen molar-refractivity contribution < 1.29 is 18.3 Å². The van der Waals surface area contributed by atoms with Crippen LogP contribution in [0.1, 0.15) is 27.0 Å². The van der Waals surface area contributed by atoms with Gasteiger partial charge < -0.3 is 4.74 Å². The van der Waals surface area contributed by atoms with E-state index in [1.54, 1.807) is 25.1 Å². The van der Waals surface area contributed by atoms with Crippen LogP contribution in [0.5, 0.6) is 5.75 Å². The number of hydrogen-bond acceptors (Lipinski definition) is 2. The minimum atomic E-state index is -0.902. The normalized spacial score (nSPS) is 10.5. The van der Waals surface area contributed by atoms with Crippen molar-refractivity contribution in [3.8, 4) is 5.75 Å². The Labute approximate surface area is 126 Å². The Kier molecular flexibility index (Phi) is 4.58. The fourth-order valence-corrected chi connectivity index (χ4v) is 2.27. The number of carbonyl (C=O) groups excluding carboxylic acids is 1. The Balaban J connectivity index is 2.50. The Morgan fingerprint density at radius 3 is 2.57 bits per heavy atom. The summed E-state index contributed by atoms with van der Waals surface area (Å²) in [6.07, 6.45) is 0.175. The molecular weight excluding hydrogens is 298 g/mol. The van der Waals surface area contributed by atoms with Crippen molar-refractivity contribution in [2.45, 2.75) is 13.3 Å². The summed E-state index contributed by atoms with van der Waals surface area (Å²) in [6.45, 7) is 1.66. The summed E-state index contributed by atoms with van der Waals surface area (Å²) in [5.74, 6) is -0.849. The summed E-state index contributed by atoms with van der Waals surface area (Å²) >= 11 is 5.34. The van der Waals surface area contributed by atoms with Gasteiger partial charge in [-0.05, 0) is 41.3 Å². The van der Waals surface area contributed by atoms with E-state index < -0.39 is 11.1 Å². The van der Waals surface area contributed by atoms with Gasteiger partial charge in [0.05, 0.1) is 12.7 Å². The van der Waals surface area contributed by atoms with Gasteiger partial charge in [-0.2, -0.15) is 0 Å². The molecule has 0 aliphatic rings. The molecular formula is C16H13ClF2O2. The smallest absolute Gasteiger partial charge is 0.255 e. The fourth-order valence-electron chi connectivity index (χ4n) is 2.13. The molecule has 0 fully saturated rings. The average molecular weight is 311 g/mol. The lowest BCUT2D eigenvalue weighted by atomic mass is 9.99. The van der Waals surface area contributed by atoms with Crippen LogP contribution < -0.4 is 4.74 Å². The molecule has 0 spiro atoms. The Bertz CT molecular complexity index is 699. The molecule has 2 nitrogen and oxygen atoms in total. The van der Waals surface area contributed by atoms with E-state index in [2.05, 4.69) is 0 Å². The monoisotopic (exact) mass is 310 g/mol. The minimum Gasteiger partial charge on any atom is -0.496 e. The van der Waals surface area contributed by atoms with E-state index in [1.165, 1.54) is 13.2 Å². The van der Waals surface area contributed by atoms with Gasteiger partial charge in [-0.15, -0.1) is 0 Å². The molecule has 2 aromatic rings. The highest BCUT2D eigenvalue weighted by Crippen LogP contribution is 2.27. The Morgan fingerprint density at radius 1 is 1.24 bits per heavy atom. The molecule has 0 radical (unpaired) electrons. The Hall–Kier alpha value is -1.94. The highest BCUT2D eigenvalue weighted by molar-refractivity contribution is 6.67. The van der Waals surface area contributed by atoms with Crippen LogP contribution in [0.2, 0.25) is 0 Å². The number of hydrogen-bond donors (Lipinski definition) is 0. The molecule has 0 heterocycles. The lowest BCUT2D eigenvalue weighted by molar-refractivity contribution is 0.107. The molecule has 2 rings (SSSR count). The predicted octanol–water partition coefficient (Wildman–Crippen LogP) is 4.25. The molecule has 0 amide bonds. The number of ether oxygens (including phenoxy) is 1. The quantitative estimate of drug-likeness (QED) is 0.789. The van der Waals surface area contributed by atoms with Crippen LogP contribution in [-0.2, 0) is 6.42 Å². The molecule has 110 valence electrons. The van der Waals surface area contributed by atoms with Gasteiger partial charge in [0.2, 0.25) is 0 Å². The van der Waals surface area contributed by atoms with E-state index in [-0.39, 0.29) is 23.6 Å². The molecule has 0 N–H and O–H groups in total. The molecule has 0 aliphatic carbocycles. The third-order valence-corrected chi connectivity index (χ3v) is 3.44. The van der Waals surface area contributed by atoms with Crippen molar-refractivity contribution in [2.24, 2.45) is 0 Å². The van der Waals surface area contributed by atoms with Gasteiger partial charge in [0.1, 0.15) is 17.4 Å². The van der Waals surface area contributed by atoms with E-state index in [4.69, 9.17) is 16.3 Å². The zero-order chi connectivity index (χ0) is 15.6. The summed E-state index contributed by atoms with van der Waals surface area (Å²) in [7, 11) is 1.38. The van der Waals surface area contributed by atoms with Gasteiger partial charge in [0.15, 0.2) is 0 Å². The van der Waals surface area contributed by atoms with E-state index >= 15 is 0 Å². The summed E-state index contributed by atoms with van der Waals surface area (Å²) in [4.78, 5) is 11.2. The maximum Gasteiger partial charge on any atom is 0.255 e. The van der Waals surface area contributed by atoms with Crippen LogP contribution in [0.3, 0.4) is 0 Å². The van der Waals surface area contributed by atoms with Crippen molar-refractivity contribution in [1.82, 2.24) is 0 Å². The van der Waals surface area contributed by atoms with Crippen molar-refractivity contribution in [3.05, 3.63) is 64.2 Å². The van der Waals surface area contributed by atoms with Gasteiger partial charge in [-0.3, -0.25) is 4.79 Å². The molecule has 0 aliphatic heterocycles. The van der Waals surface area contributed by atoms with E-state index in [1.807, 2.05) is 0 Å². The largest absolute Gasteiger partial charge is 0.496 e. The minimum absolute atomic E-state index is 0.175. The Morgan fingerprint density at radius 2 is 1.95 bits per heavy atom. The summed E-state index contributed by atoms with van der Waals surface area (Å²) in [6, 6.07) is 7.41. The molecule has 0 aromatic heterocycles. The zero-order valence-corrected chi connectivity index (χ0v) is 12.3. The highest BCUT2D eigenvalue weighted by atomic mass is 35.5. The maximum atomic E-state index is 14.1. The van der Waals surface area contributed by atoms with Crippen molar-refractivity contribution in [3.63, 3.8) is 0 Å². The van der Waals surface area contributed by atoms with Crippen LogP contribution in [0, 0.1) is 18.6 Å². The molecule has 0 bridgehead atoms. The van der Waals surface area contributed by atoms with Gasteiger partial charge in [0, 0.05) is 12.5 Å². The first kappa shape index (κ1) is 15.4. The second-order valence-electron chi connectivity index (χ2n) is 4.64. The van der Waals surface area contributed by atoms with Crippen molar-refractivity contribution in [1.29, 1.82) is 0 Å². The third-order valence-electron chi connectivity index (χ3n) is 3.23. The van der Waals surface area contributed by atoms with Crippen LogP contribution >= 0.6 is 11.6 Å². The summed E-state index contributed by atoms with van der Waals surface area (Å²) < 4.78 is 32.8. The number of methoxy groups -OCH3 is 1. The molecule has 2 aromatic carbocycles. The maximum absolute atomic E-state index is 14.1. The standard InChI is InChI=1S/C16H13ClF2O2/c1-9-4-3-5-10(15(9)19)6-11-7-12(16(17)20)13(18)8-14(11)21-2/h3-5,7-8H,6H2,1-2H3. The summed E-state index contributed by atoms with van der Waals surface area (Å²) in [5, 5.41) is -0.902. The molecule has 0 saturated carbocycles. The van der Waals surface area contributed by atoms with Crippen LogP contribution in [0.4, 0.5) is 8.78 Å². The summed E-state index contributed by atoms with van der Waals surface area (Å²) in [5.41, 5.74) is 1.20. The van der Waals surface area contributed by atoms with Gasteiger partial charge in [-0.1, -0.05) is 18.2 Å². The SMILES string of the molecule is COc1cc(F)c(C(=O)Cl)cc1Cc1cccc(C)c1F. The van der Waals surface area contributed by atoms with E-state index in [0.717, 1.165) is 6.07 Å². The lowest BCUT2D eigenvalue weighted by Crippen LogP contribution is -2.02. The van der Waals surface area contributed by atoms with E-state index in [9.17, 15) is 13.6 Å². The molecule has 0 unspecified atom stereocenters. The van der Waals surface area contributed by atoms with Crippen LogP contribution in [-0.4, -0.2) is 12.4 Å². The second-order valence-corrected chi connectivity index (χ2v) is 4.99. The predicted molar refractivity (Wildman–Crippen MR) is 77.1 cm³/mol. The fraction of sp³-hybridized carbons (Fsp3) is 0.188. The number of halogens is 3. The second kappa shape index (κ2) is 6.22. The first-order valence-corrected chi connectivity index (χ1v) is 6.62. The number of carbonyl (C=O) groups is 1. The molecule has 5 heteroatoms. The van der Waals surface area contributed by atoms with Gasteiger partial charge in [0.25, 0.3) is 5.24 Å². The van der Waals surface area contributed by atoms with Gasteiger partial charge >= 0.3 is 0 Å². The van der Waals surface area contributed by atoms with Crippen LogP contribution in [0.25, 0.3) is 0 Å². The molecule has 0 atom stereocenters. The highest BCUT2D eigenvalue weighted by Gasteiger charge is 2.16. The molecule has 0 saturated heterocycles.